The minimum atomic E-state index is -0.895. The van der Waals surface area contributed by atoms with Crippen molar-refractivity contribution in [3.8, 4) is 0 Å². The molecule has 2 amide bonds. The van der Waals surface area contributed by atoms with Crippen molar-refractivity contribution in [3.63, 3.8) is 0 Å². The Bertz CT molecular complexity index is 277. The van der Waals surface area contributed by atoms with Gasteiger partial charge in [0.1, 0.15) is 0 Å². The molecule has 0 aromatic rings. The highest BCUT2D eigenvalue weighted by Crippen LogP contribution is 2.22. The van der Waals surface area contributed by atoms with Crippen molar-refractivity contribution in [3.05, 3.63) is 0 Å². The number of carbonyl (C=O) groups is 2. The third-order valence-electron chi connectivity index (χ3n) is 2.21. The van der Waals surface area contributed by atoms with Gasteiger partial charge < -0.3 is 15.7 Å². The molecule has 0 aliphatic carbocycles. The number of rotatable bonds is 7. The van der Waals surface area contributed by atoms with Crippen LogP contribution in [0, 0.1) is 5.41 Å². The number of hydrogen-bond acceptors (Lipinski definition) is 3. The van der Waals surface area contributed by atoms with Crippen LogP contribution >= 0.6 is 11.8 Å². The molecular weight excluding hydrogens is 252 g/mol. The lowest BCUT2D eigenvalue weighted by atomic mass is 9.87. The zero-order chi connectivity index (χ0) is 14.2. The summed E-state index contributed by atoms with van der Waals surface area (Å²) in [5.41, 5.74) is -0.0212. The van der Waals surface area contributed by atoms with Gasteiger partial charge in [-0.15, -0.1) is 0 Å². The Morgan fingerprint density at radius 2 is 1.94 bits per heavy atom. The summed E-state index contributed by atoms with van der Waals surface area (Å²) in [7, 11) is 0. The normalized spacial score (nSPS) is 12.9. The molecule has 0 aromatic heterocycles. The summed E-state index contributed by atoms with van der Waals surface area (Å²) in [6, 6.07) is -0.628. The van der Waals surface area contributed by atoms with Crippen LogP contribution in [0.1, 0.15) is 33.6 Å². The van der Waals surface area contributed by atoms with Gasteiger partial charge in [-0.3, -0.25) is 4.79 Å². The van der Waals surface area contributed by atoms with E-state index in [1.165, 1.54) is 0 Å². The number of aliphatic carboxylic acids is 1. The molecule has 0 saturated carbocycles. The highest BCUT2D eigenvalue weighted by Gasteiger charge is 2.22. The van der Waals surface area contributed by atoms with Crippen LogP contribution in [0.4, 0.5) is 4.79 Å². The van der Waals surface area contributed by atoms with Gasteiger partial charge >= 0.3 is 12.0 Å². The van der Waals surface area contributed by atoms with Crippen molar-refractivity contribution in [2.45, 2.75) is 39.7 Å². The van der Waals surface area contributed by atoms with Gasteiger partial charge in [0.15, 0.2) is 0 Å². The number of nitrogens with one attached hydrogen (secondary N) is 2. The molecule has 6 heteroatoms. The molecule has 0 fully saturated rings. The largest absolute Gasteiger partial charge is 0.481 e. The summed E-state index contributed by atoms with van der Waals surface area (Å²) in [5.74, 6) is -0.0512. The van der Waals surface area contributed by atoms with Crippen molar-refractivity contribution in [1.82, 2.24) is 10.6 Å². The summed E-state index contributed by atoms with van der Waals surface area (Å²) in [6.07, 6.45) is 2.55. The van der Waals surface area contributed by atoms with Gasteiger partial charge in [-0.2, -0.15) is 11.8 Å². The number of amides is 2. The van der Waals surface area contributed by atoms with E-state index in [-0.39, 0.29) is 23.9 Å². The Balaban J connectivity index is 4.22. The van der Waals surface area contributed by atoms with E-state index in [0.29, 0.717) is 13.0 Å². The highest BCUT2D eigenvalue weighted by molar-refractivity contribution is 7.98. The van der Waals surface area contributed by atoms with E-state index in [1.54, 1.807) is 11.8 Å². The van der Waals surface area contributed by atoms with Crippen LogP contribution in [0.25, 0.3) is 0 Å². The minimum Gasteiger partial charge on any atom is -0.481 e. The van der Waals surface area contributed by atoms with E-state index < -0.39 is 5.97 Å². The summed E-state index contributed by atoms with van der Waals surface area (Å²) in [4.78, 5) is 22.3. The van der Waals surface area contributed by atoms with Gasteiger partial charge in [-0.1, -0.05) is 20.8 Å². The molecule has 3 N–H and O–H groups in total. The van der Waals surface area contributed by atoms with Crippen molar-refractivity contribution < 1.29 is 14.7 Å². The Morgan fingerprint density at radius 3 is 2.39 bits per heavy atom. The zero-order valence-electron chi connectivity index (χ0n) is 11.6. The number of carboxylic acid groups (broad SMARTS) is 1. The zero-order valence-corrected chi connectivity index (χ0v) is 12.4. The molecule has 0 saturated heterocycles. The minimum absolute atomic E-state index is 0.0212. The maximum Gasteiger partial charge on any atom is 0.315 e. The molecule has 0 aromatic carbocycles. The average Bonchev–Trinajstić information content (AvgIpc) is 2.13. The second-order valence-electron chi connectivity index (χ2n) is 5.45. The lowest BCUT2D eigenvalue weighted by Crippen LogP contribution is -2.45. The van der Waals surface area contributed by atoms with E-state index in [9.17, 15) is 9.59 Å². The first-order valence-corrected chi connectivity index (χ1v) is 7.39. The molecule has 1 unspecified atom stereocenters. The number of carboxylic acids is 1. The summed E-state index contributed by atoms with van der Waals surface area (Å²) in [6.45, 7) is 6.65. The lowest BCUT2D eigenvalue weighted by molar-refractivity contribution is -0.137. The lowest BCUT2D eigenvalue weighted by Gasteiger charge is -2.25. The summed E-state index contributed by atoms with van der Waals surface area (Å²) in [5, 5.41) is 14.3. The summed E-state index contributed by atoms with van der Waals surface area (Å²) >= 11 is 1.65. The monoisotopic (exact) mass is 276 g/mol. The number of thioether (sulfide) groups is 1. The number of urea groups is 1. The second-order valence-corrected chi connectivity index (χ2v) is 6.44. The first kappa shape index (κ1) is 17.1. The van der Waals surface area contributed by atoms with Gasteiger partial charge in [0.05, 0.1) is 6.42 Å². The van der Waals surface area contributed by atoms with Crippen LogP contribution < -0.4 is 10.6 Å². The average molecular weight is 276 g/mol. The fourth-order valence-electron chi connectivity index (χ4n) is 1.63. The van der Waals surface area contributed by atoms with E-state index in [1.807, 2.05) is 27.0 Å². The molecule has 0 aliphatic heterocycles. The number of hydrogen-bond donors (Lipinski definition) is 3. The van der Waals surface area contributed by atoms with Crippen LogP contribution in [0.15, 0.2) is 0 Å². The van der Waals surface area contributed by atoms with Gasteiger partial charge in [-0.25, -0.2) is 4.79 Å². The fraction of sp³-hybridized carbons (Fsp3) is 0.833. The van der Waals surface area contributed by atoms with Crippen LogP contribution in [0.2, 0.25) is 0 Å². The second kappa shape index (κ2) is 8.24. The first-order valence-electron chi connectivity index (χ1n) is 5.99. The Morgan fingerprint density at radius 1 is 1.33 bits per heavy atom. The predicted octanol–water partition coefficient (Wildman–Crippen LogP) is 1.93. The van der Waals surface area contributed by atoms with E-state index in [4.69, 9.17) is 5.11 Å². The Hall–Kier alpha value is -0.910. The van der Waals surface area contributed by atoms with Gasteiger partial charge in [0.25, 0.3) is 0 Å². The van der Waals surface area contributed by atoms with Gasteiger partial charge in [-0.05, 0) is 18.1 Å². The SMILES string of the molecule is CSCCNC(=O)NC(CC(=O)O)CC(C)(C)C. The molecule has 18 heavy (non-hydrogen) atoms. The highest BCUT2D eigenvalue weighted by atomic mass is 32.2. The molecule has 5 nitrogen and oxygen atoms in total. The van der Waals surface area contributed by atoms with Gasteiger partial charge in [0, 0.05) is 18.3 Å². The molecule has 1 atom stereocenters. The van der Waals surface area contributed by atoms with Crippen molar-refractivity contribution >= 4 is 23.8 Å². The third kappa shape index (κ3) is 10.3. The predicted molar refractivity (Wildman–Crippen MR) is 75.0 cm³/mol. The topological polar surface area (TPSA) is 78.4 Å². The molecule has 0 heterocycles. The molecule has 0 bridgehead atoms. The fourth-order valence-corrected chi connectivity index (χ4v) is 1.93. The molecule has 0 rings (SSSR count). The Labute approximate surface area is 113 Å². The molecule has 106 valence electrons. The van der Waals surface area contributed by atoms with E-state index >= 15 is 0 Å². The molecule has 0 radical (unpaired) electrons. The molecular formula is C12H24N2O3S. The van der Waals surface area contributed by atoms with Crippen LogP contribution in [-0.2, 0) is 4.79 Å². The molecule has 0 aliphatic rings. The van der Waals surface area contributed by atoms with E-state index in [2.05, 4.69) is 10.6 Å². The number of carbonyl (C=O) groups excluding carboxylic acids is 1. The van der Waals surface area contributed by atoms with Crippen LogP contribution in [0.5, 0.6) is 0 Å². The third-order valence-corrected chi connectivity index (χ3v) is 2.82. The maximum absolute atomic E-state index is 11.6. The smallest absolute Gasteiger partial charge is 0.315 e. The van der Waals surface area contributed by atoms with E-state index in [0.717, 1.165) is 5.75 Å². The van der Waals surface area contributed by atoms with Gasteiger partial charge in [0.2, 0.25) is 0 Å². The quantitative estimate of drug-likeness (QED) is 0.621. The standard InChI is InChI=1S/C12H24N2O3S/c1-12(2,3)8-9(7-10(15)16)14-11(17)13-5-6-18-4/h9H,5-8H2,1-4H3,(H,15,16)(H2,13,14,17). The first-order chi connectivity index (χ1) is 8.24. The Kier molecular flexibility index (Phi) is 7.82. The van der Waals surface area contributed by atoms with Crippen LogP contribution in [0.3, 0.4) is 0 Å². The van der Waals surface area contributed by atoms with Crippen molar-refractivity contribution in [1.29, 1.82) is 0 Å². The molecule has 0 spiro atoms. The maximum atomic E-state index is 11.6. The van der Waals surface area contributed by atoms with Crippen molar-refractivity contribution in [2.75, 3.05) is 18.6 Å². The van der Waals surface area contributed by atoms with Crippen LogP contribution in [-0.4, -0.2) is 41.7 Å². The summed E-state index contributed by atoms with van der Waals surface area (Å²) < 4.78 is 0. The van der Waals surface area contributed by atoms with Crippen molar-refractivity contribution in [2.24, 2.45) is 5.41 Å².